The van der Waals surface area contributed by atoms with Crippen molar-refractivity contribution >= 4 is 21.1 Å². The van der Waals surface area contributed by atoms with E-state index in [4.69, 9.17) is 0 Å². The van der Waals surface area contributed by atoms with Gasteiger partial charge in [-0.05, 0) is 47.1 Å². The van der Waals surface area contributed by atoms with Gasteiger partial charge in [0.25, 0.3) is 0 Å². The molecule has 2 saturated carbocycles. The van der Waals surface area contributed by atoms with Crippen LogP contribution in [0.2, 0.25) is 0 Å². The predicted octanol–water partition coefficient (Wildman–Crippen LogP) is 1.69. The first-order chi connectivity index (χ1) is 9.67. The molecule has 2 aliphatic carbocycles. The van der Waals surface area contributed by atoms with Crippen LogP contribution in [0.3, 0.4) is 0 Å². The molecule has 6 nitrogen and oxygen atoms in total. The number of sulfonamides is 1. The molecule has 0 radical (unpaired) electrons. The van der Waals surface area contributed by atoms with Crippen LogP contribution in [0.4, 0.5) is 0 Å². The van der Waals surface area contributed by atoms with E-state index in [-0.39, 0.29) is 10.9 Å². The first-order valence-electron chi connectivity index (χ1n) is 6.90. The Balaban J connectivity index is 1.65. The van der Waals surface area contributed by atoms with Crippen molar-refractivity contribution in [1.29, 1.82) is 0 Å². The SMILES string of the molecule is O=S(=O)(NC1[C@H]2CCCC[C@H]12)c1cccc2nonc12. The molecule has 2 aromatic rings. The average Bonchev–Trinajstić information content (AvgIpc) is 2.92. The number of hydrogen-bond acceptors (Lipinski definition) is 5. The molecule has 2 atom stereocenters. The minimum absolute atomic E-state index is 0.0950. The van der Waals surface area contributed by atoms with Gasteiger partial charge in [0.15, 0.2) is 5.52 Å². The van der Waals surface area contributed by atoms with Gasteiger partial charge < -0.3 is 0 Å². The molecule has 2 aliphatic rings. The van der Waals surface area contributed by atoms with Crippen LogP contribution in [0.5, 0.6) is 0 Å². The van der Waals surface area contributed by atoms with Gasteiger partial charge in [0.1, 0.15) is 10.4 Å². The lowest BCUT2D eigenvalue weighted by molar-refractivity contribution is 0.315. The first kappa shape index (κ1) is 12.3. The molecule has 0 amide bonds. The lowest BCUT2D eigenvalue weighted by atomic mass is 10.0. The van der Waals surface area contributed by atoms with Crippen molar-refractivity contribution in [2.24, 2.45) is 11.8 Å². The lowest BCUT2D eigenvalue weighted by Crippen LogP contribution is -2.28. The number of fused-ring (bicyclic) bond motifs is 2. The molecule has 0 unspecified atom stereocenters. The van der Waals surface area contributed by atoms with Crippen molar-refractivity contribution < 1.29 is 13.0 Å². The van der Waals surface area contributed by atoms with Crippen molar-refractivity contribution in [2.45, 2.75) is 36.6 Å². The van der Waals surface area contributed by atoms with Gasteiger partial charge in [-0.1, -0.05) is 18.9 Å². The summed E-state index contributed by atoms with van der Waals surface area (Å²) in [5.74, 6) is 1.04. The molecule has 4 rings (SSSR count). The van der Waals surface area contributed by atoms with Gasteiger partial charge in [0.05, 0.1) is 0 Å². The maximum atomic E-state index is 12.5. The average molecular weight is 293 g/mol. The highest BCUT2D eigenvalue weighted by atomic mass is 32.2. The summed E-state index contributed by atoms with van der Waals surface area (Å²) in [6.07, 6.45) is 4.69. The third-order valence-corrected chi connectivity index (χ3v) is 5.98. The van der Waals surface area contributed by atoms with Crippen molar-refractivity contribution in [1.82, 2.24) is 15.0 Å². The molecule has 1 N–H and O–H groups in total. The van der Waals surface area contributed by atoms with E-state index in [9.17, 15) is 8.42 Å². The minimum Gasteiger partial charge on any atom is -0.243 e. The van der Waals surface area contributed by atoms with Crippen LogP contribution in [0.1, 0.15) is 25.7 Å². The molecule has 20 heavy (non-hydrogen) atoms. The third kappa shape index (κ3) is 1.84. The molecule has 7 heteroatoms. The fraction of sp³-hybridized carbons (Fsp3) is 0.538. The normalized spacial score (nSPS) is 29.3. The minimum atomic E-state index is -3.56. The Morgan fingerprint density at radius 3 is 2.65 bits per heavy atom. The van der Waals surface area contributed by atoms with E-state index in [1.165, 1.54) is 12.8 Å². The van der Waals surface area contributed by atoms with E-state index in [1.54, 1.807) is 18.2 Å². The van der Waals surface area contributed by atoms with Gasteiger partial charge in [0.2, 0.25) is 10.0 Å². The second-order valence-corrected chi connectivity index (χ2v) is 7.33. The zero-order chi connectivity index (χ0) is 13.7. The van der Waals surface area contributed by atoms with Crippen LogP contribution < -0.4 is 4.72 Å². The monoisotopic (exact) mass is 293 g/mol. The Kier molecular flexibility index (Phi) is 2.62. The maximum Gasteiger partial charge on any atom is 0.243 e. The number of benzene rings is 1. The predicted molar refractivity (Wildman–Crippen MR) is 71.4 cm³/mol. The summed E-state index contributed by atoms with van der Waals surface area (Å²) in [7, 11) is -3.56. The van der Waals surface area contributed by atoms with Crippen LogP contribution in [0.15, 0.2) is 27.7 Å². The highest BCUT2D eigenvalue weighted by Gasteiger charge is 2.52. The molecule has 0 bridgehead atoms. The summed E-state index contributed by atoms with van der Waals surface area (Å²) in [6.45, 7) is 0. The highest BCUT2D eigenvalue weighted by molar-refractivity contribution is 7.89. The Bertz CT molecular complexity index is 743. The van der Waals surface area contributed by atoms with E-state index in [0.29, 0.717) is 22.9 Å². The summed E-state index contributed by atoms with van der Waals surface area (Å²) >= 11 is 0. The number of hydrogen-bond donors (Lipinski definition) is 1. The maximum absolute atomic E-state index is 12.5. The summed E-state index contributed by atoms with van der Waals surface area (Å²) < 4.78 is 32.5. The summed E-state index contributed by atoms with van der Waals surface area (Å²) in [5, 5.41) is 7.38. The van der Waals surface area contributed by atoms with E-state index in [2.05, 4.69) is 19.7 Å². The van der Waals surface area contributed by atoms with Gasteiger partial charge in [-0.2, -0.15) is 0 Å². The van der Waals surface area contributed by atoms with Crippen LogP contribution in [-0.2, 0) is 10.0 Å². The smallest absolute Gasteiger partial charge is 0.243 e. The topological polar surface area (TPSA) is 85.1 Å². The second kappa shape index (κ2) is 4.26. The summed E-state index contributed by atoms with van der Waals surface area (Å²) in [5.41, 5.74) is 0.754. The number of rotatable bonds is 3. The van der Waals surface area contributed by atoms with E-state index in [1.807, 2.05) is 0 Å². The van der Waals surface area contributed by atoms with Gasteiger partial charge in [-0.3, -0.25) is 0 Å². The Morgan fingerprint density at radius 1 is 1.15 bits per heavy atom. The molecule has 1 aromatic heterocycles. The van der Waals surface area contributed by atoms with Gasteiger partial charge in [-0.25, -0.2) is 17.8 Å². The summed E-state index contributed by atoms with van der Waals surface area (Å²) in [6, 6.07) is 4.97. The molecule has 0 spiro atoms. The first-order valence-corrected chi connectivity index (χ1v) is 8.39. The van der Waals surface area contributed by atoms with Crippen molar-refractivity contribution in [3.05, 3.63) is 18.2 Å². The molecule has 1 aromatic carbocycles. The zero-order valence-electron chi connectivity index (χ0n) is 10.8. The Hall–Kier alpha value is -1.47. The van der Waals surface area contributed by atoms with Crippen LogP contribution in [0, 0.1) is 11.8 Å². The zero-order valence-corrected chi connectivity index (χ0v) is 11.6. The molecule has 2 fully saturated rings. The number of aromatic nitrogens is 2. The fourth-order valence-corrected chi connectivity index (χ4v) is 4.90. The van der Waals surface area contributed by atoms with E-state index < -0.39 is 10.0 Å². The Morgan fingerprint density at radius 2 is 1.90 bits per heavy atom. The van der Waals surface area contributed by atoms with Crippen molar-refractivity contribution in [3.63, 3.8) is 0 Å². The van der Waals surface area contributed by atoms with Crippen molar-refractivity contribution in [3.8, 4) is 0 Å². The fourth-order valence-electron chi connectivity index (χ4n) is 3.41. The van der Waals surface area contributed by atoms with Gasteiger partial charge in [-0.15, -0.1) is 0 Å². The second-order valence-electron chi connectivity index (χ2n) is 5.65. The van der Waals surface area contributed by atoms with Gasteiger partial charge >= 0.3 is 0 Å². The van der Waals surface area contributed by atoms with Crippen LogP contribution in [-0.4, -0.2) is 24.8 Å². The molecule has 0 aliphatic heterocycles. The van der Waals surface area contributed by atoms with Crippen LogP contribution >= 0.6 is 0 Å². The molecule has 106 valence electrons. The molecular weight excluding hydrogens is 278 g/mol. The third-order valence-electron chi connectivity index (χ3n) is 4.49. The van der Waals surface area contributed by atoms with Crippen molar-refractivity contribution in [2.75, 3.05) is 0 Å². The van der Waals surface area contributed by atoms with Gasteiger partial charge in [0, 0.05) is 6.04 Å². The van der Waals surface area contributed by atoms with E-state index in [0.717, 1.165) is 12.8 Å². The standard InChI is InChI=1S/C13H15N3O3S/c17-20(18,16-12-8-4-1-2-5-9(8)12)11-7-3-6-10-13(11)15-19-14-10/h3,6-9,12,16H,1-2,4-5H2/t8-,9-/m0/s1. The number of nitrogens with one attached hydrogen (secondary N) is 1. The quantitative estimate of drug-likeness (QED) is 0.930. The largest absolute Gasteiger partial charge is 0.243 e. The van der Waals surface area contributed by atoms with E-state index >= 15 is 0 Å². The Labute approximate surface area is 116 Å². The summed E-state index contributed by atoms with van der Waals surface area (Å²) in [4.78, 5) is 0.153. The number of nitrogens with zero attached hydrogens (tertiary/aromatic N) is 2. The molecule has 0 saturated heterocycles. The van der Waals surface area contributed by atoms with Crippen LogP contribution in [0.25, 0.3) is 11.0 Å². The molecular formula is C13H15N3O3S. The molecule has 1 heterocycles. The highest BCUT2D eigenvalue weighted by Crippen LogP contribution is 2.50. The lowest BCUT2D eigenvalue weighted by Gasteiger charge is -2.06.